The summed E-state index contributed by atoms with van der Waals surface area (Å²) in [6, 6.07) is 10.2. The lowest BCUT2D eigenvalue weighted by atomic mass is 10.1. The van der Waals surface area contributed by atoms with Crippen molar-refractivity contribution in [3.8, 4) is 10.8 Å². The summed E-state index contributed by atoms with van der Waals surface area (Å²) >= 11 is 1.73. The Morgan fingerprint density at radius 1 is 1.29 bits per heavy atom. The van der Waals surface area contributed by atoms with Gasteiger partial charge in [0.1, 0.15) is 5.58 Å². The van der Waals surface area contributed by atoms with Crippen LogP contribution in [0.5, 0.6) is 0 Å². The zero-order valence-electron chi connectivity index (χ0n) is 12.6. The molecule has 0 spiro atoms. The molecule has 2 heterocycles. The third kappa shape index (κ3) is 3.01. The summed E-state index contributed by atoms with van der Waals surface area (Å²) < 4.78 is 5.93. The van der Waals surface area contributed by atoms with E-state index >= 15 is 0 Å². The molecule has 21 heavy (non-hydrogen) atoms. The first kappa shape index (κ1) is 14.3. The van der Waals surface area contributed by atoms with Gasteiger partial charge in [-0.25, -0.2) is 4.98 Å². The average Bonchev–Trinajstić information content (AvgIpc) is 3.03. The lowest BCUT2D eigenvalue weighted by Crippen LogP contribution is -2.07. The molecular formula is C17H20N2OS. The molecule has 4 heteroatoms. The van der Waals surface area contributed by atoms with Crippen LogP contribution in [-0.2, 0) is 13.0 Å². The number of thiazole rings is 1. The van der Waals surface area contributed by atoms with E-state index in [1.165, 1.54) is 10.6 Å². The predicted octanol–water partition coefficient (Wildman–Crippen LogP) is 4.47. The maximum Gasteiger partial charge on any atom is 0.164 e. The third-order valence-electron chi connectivity index (χ3n) is 3.35. The standard InChI is InChI=1S/C17H20N2OS/c1-11(2)8-13-16(10-18-3)21-17(19-13)15-9-12-6-4-5-7-14(12)20-15/h4-7,9,11,18H,8,10H2,1-3H3. The molecule has 1 aromatic carbocycles. The molecule has 3 rings (SSSR count). The maximum absolute atomic E-state index is 5.93. The Labute approximate surface area is 129 Å². The van der Waals surface area contributed by atoms with Crippen LogP contribution in [0.2, 0.25) is 0 Å². The first-order chi connectivity index (χ1) is 10.2. The normalized spacial score (nSPS) is 11.6. The summed E-state index contributed by atoms with van der Waals surface area (Å²) in [6.07, 6.45) is 1.01. The molecule has 0 fully saturated rings. The van der Waals surface area contributed by atoms with Gasteiger partial charge in [-0.05, 0) is 31.5 Å². The van der Waals surface area contributed by atoms with Crippen LogP contribution in [0.15, 0.2) is 34.7 Å². The molecule has 0 aliphatic rings. The van der Waals surface area contributed by atoms with Gasteiger partial charge in [-0.15, -0.1) is 11.3 Å². The molecule has 2 aromatic heterocycles. The molecule has 0 aliphatic carbocycles. The van der Waals surface area contributed by atoms with Crippen molar-refractivity contribution in [1.82, 2.24) is 10.3 Å². The zero-order chi connectivity index (χ0) is 14.8. The highest BCUT2D eigenvalue weighted by atomic mass is 32.1. The summed E-state index contributed by atoms with van der Waals surface area (Å²) in [5.74, 6) is 1.47. The Kier molecular flexibility index (Phi) is 4.08. The molecule has 1 N–H and O–H groups in total. The second-order valence-electron chi connectivity index (χ2n) is 5.67. The largest absolute Gasteiger partial charge is 0.454 e. The van der Waals surface area contributed by atoms with Gasteiger partial charge in [0.05, 0.1) is 5.69 Å². The Hall–Kier alpha value is -1.65. The molecule has 0 saturated carbocycles. The van der Waals surface area contributed by atoms with E-state index in [0.717, 1.165) is 34.7 Å². The number of nitrogens with zero attached hydrogens (tertiary/aromatic N) is 1. The molecule has 0 atom stereocenters. The number of furan rings is 1. The Morgan fingerprint density at radius 2 is 2.10 bits per heavy atom. The van der Waals surface area contributed by atoms with Crippen molar-refractivity contribution in [1.29, 1.82) is 0 Å². The van der Waals surface area contributed by atoms with Gasteiger partial charge in [-0.3, -0.25) is 0 Å². The first-order valence-corrected chi connectivity index (χ1v) is 8.11. The van der Waals surface area contributed by atoms with Gasteiger partial charge in [0.25, 0.3) is 0 Å². The highest BCUT2D eigenvalue weighted by molar-refractivity contribution is 7.15. The van der Waals surface area contributed by atoms with Crippen LogP contribution in [0.4, 0.5) is 0 Å². The van der Waals surface area contributed by atoms with Crippen LogP contribution in [0.1, 0.15) is 24.4 Å². The maximum atomic E-state index is 5.93. The predicted molar refractivity (Wildman–Crippen MR) is 88.6 cm³/mol. The van der Waals surface area contributed by atoms with E-state index in [1.54, 1.807) is 11.3 Å². The van der Waals surface area contributed by atoms with Crippen molar-refractivity contribution in [3.05, 3.63) is 40.9 Å². The van der Waals surface area contributed by atoms with Gasteiger partial charge in [0.2, 0.25) is 0 Å². The van der Waals surface area contributed by atoms with Crippen LogP contribution >= 0.6 is 11.3 Å². The van der Waals surface area contributed by atoms with Crippen molar-refractivity contribution in [2.24, 2.45) is 5.92 Å². The Bertz CT molecular complexity index is 709. The third-order valence-corrected chi connectivity index (χ3v) is 4.47. The second-order valence-corrected chi connectivity index (χ2v) is 6.75. The summed E-state index contributed by atoms with van der Waals surface area (Å²) in [5.41, 5.74) is 2.11. The number of nitrogens with one attached hydrogen (secondary N) is 1. The van der Waals surface area contributed by atoms with Crippen LogP contribution in [-0.4, -0.2) is 12.0 Å². The van der Waals surface area contributed by atoms with E-state index < -0.39 is 0 Å². The minimum atomic E-state index is 0.603. The van der Waals surface area contributed by atoms with E-state index in [0.29, 0.717) is 5.92 Å². The molecule has 110 valence electrons. The van der Waals surface area contributed by atoms with Crippen molar-refractivity contribution in [2.45, 2.75) is 26.8 Å². The van der Waals surface area contributed by atoms with Crippen molar-refractivity contribution < 1.29 is 4.42 Å². The number of aromatic nitrogens is 1. The summed E-state index contributed by atoms with van der Waals surface area (Å²) in [5, 5.41) is 5.34. The van der Waals surface area contributed by atoms with Crippen molar-refractivity contribution in [2.75, 3.05) is 7.05 Å². The number of hydrogen-bond donors (Lipinski definition) is 1. The van der Waals surface area contributed by atoms with Crippen LogP contribution in [0.3, 0.4) is 0 Å². The fourth-order valence-corrected chi connectivity index (χ4v) is 3.47. The zero-order valence-corrected chi connectivity index (χ0v) is 13.5. The van der Waals surface area contributed by atoms with E-state index in [2.05, 4.69) is 31.3 Å². The van der Waals surface area contributed by atoms with Crippen molar-refractivity contribution >= 4 is 22.3 Å². The molecule has 0 unspecified atom stereocenters. The number of rotatable bonds is 5. The molecule has 0 aliphatic heterocycles. The minimum Gasteiger partial charge on any atom is -0.454 e. The summed E-state index contributed by atoms with van der Waals surface area (Å²) in [7, 11) is 1.97. The Morgan fingerprint density at radius 3 is 2.81 bits per heavy atom. The molecule has 3 aromatic rings. The molecule has 0 radical (unpaired) electrons. The number of fused-ring (bicyclic) bond motifs is 1. The number of para-hydroxylation sites is 1. The molecule has 3 nitrogen and oxygen atoms in total. The van der Waals surface area contributed by atoms with Gasteiger partial charge in [0.15, 0.2) is 10.8 Å². The molecular weight excluding hydrogens is 280 g/mol. The van der Waals surface area contributed by atoms with Crippen molar-refractivity contribution in [3.63, 3.8) is 0 Å². The number of hydrogen-bond acceptors (Lipinski definition) is 4. The SMILES string of the molecule is CNCc1sc(-c2cc3ccccc3o2)nc1CC(C)C. The van der Waals surface area contributed by atoms with E-state index in [-0.39, 0.29) is 0 Å². The van der Waals surface area contributed by atoms with Crippen LogP contribution in [0, 0.1) is 5.92 Å². The number of benzene rings is 1. The minimum absolute atomic E-state index is 0.603. The Balaban J connectivity index is 2.00. The van der Waals surface area contributed by atoms with Gasteiger partial charge >= 0.3 is 0 Å². The monoisotopic (exact) mass is 300 g/mol. The highest BCUT2D eigenvalue weighted by Crippen LogP contribution is 2.33. The lowest BCUT2D eigenvalue weighted by Gasteiger charge is -2.03. The van der Waals surface area contributed by atoms with E-state index in [1.807, 2.05) is 25.2 Å². The topological polar surface area (TPSA) is 38.1 Å². The smallest absolute Gasteiger partial charge is 0.164 e. The molecule has 0 saturated heterocycles. The first-order valence-electron chi connectivity index (χ1n) is 7.29. The average molecular weight is 300 g/mol. The van der Waals surface area contributed by atoms with Gasteiger partial charge in [0, 0.05) is 16.8 Å². The highest BCUT2D eigenvalue weighted by Gasteiger charge is 2.16. The lowest BCUT2D eigenvalue weighted by molar-refractivity contribution is 0.622. The molecule has 0 amide bonds. The fourth-order valence-electron chi connectivity index (χ4n) is 2.42. The van der Waals surface area contributed by atoms with E-state index in [9.17, 15) is 0 Å². The van der Waals surface area contributed by atoms with Crippen LogP contribution in [0.25, 0.3) is 21.7 Å². The van der Waals surface area contributed by atoms with Gasteiger partial charge in [-0.2, -0.15) is 0 Å². The molecule has 0 bridgehead atoms. The van der Waals surface area contributed by atoms with Gasteiger partial charge in [-0.1, -0.05) is 32.0 Å². The summed E-state index contributed by atoms with van der Waals surface area (Å²) in [6.45, 7) is 5.31. The van der Waals surface area contributed by atoms with Gasteiger partial charge < -0.3 is 9.73 Å². The summed E-state index contributed by atoms with van der Waals surface area (Å²) in [4.78, 5) is 6.13. The van der Waals surface area contributed by atoms with Crippen LogP contribution < -0.4 is 5.32 Å². The quantitative estimate of drug-likeness (QED) is 0.755. The van der Waals surface area contributed by atoms with E-state index in [4.69, 9.17) is 9.40 Å². The fraction of sp³-hybridized carbons (Fsp3) is 0.353. The second kappa shape index (κ2) is 6.00.